The first kappa shape index (κ1) is 11.7. The molecule has 1 fully saturated rings. The monoisotopic (exact) mass is 239 g/mol. The number of pyridine rings is 1. The van der Waals surface area contributed by atoms with E-state index in [1.807, 2.05) is 6.20 Å². The van der Waals surface area contributed by atoms with Gasteiger partial charge in [0.05, 0.1) is 0 Å². The van der Waals surface area contributed by atoms with Gasteiger partial charge in [-0.05, 0) is 31.2 Å². The molecule has 1 aliphatic rings. The van der Waals surface area contributed by atoms with E-state index in [0.717, 1.165) is 37.6 Å². The van der Waals surface area contributed by atoms with Gasteiger partial charge < -0.3 is 9.80 Å². The van der Waals surface area contributed by atoms with Crippen molar-refractivity contribution >= 4 is 17.4 Å². The first-order valence-electron chi connectivity index (χ1n) is 5.65. The third kappa shape index (κ3) is 2.47. The zero-order valence-corrected chi connectivity index (χ0v) is 10.7. The van der Waals surface area contributed by atoms with Crippen molar-refractivity contribution in [1.82, 2.24) is 9.88 Å². The topological polar surface area (TPSA) is 19.4 Å². The van der Waals surface area contributed by atoms with E-state index in [1.54, 1.807) is 0 Å². The number of hydrogen-bond donors (Lipinski definition) is 0. The predicted octanol–water partition coefficient (Wildman–Crippen LogP) is 1.88. The number of aryl methyl sites for hydroxylation is 1. The van der Waals surface area contributed by atoms with Crippen LogP contribution in [0.1, 0.15) is 11.1 Å². The van der Waals surface area contributed by atoms with E-state index in [2.05, 4.69) is 34.8 Å². The minimum Gasteiger partial charge on any atom is -0.354 e. The van der Waals surface area contributed by atoms with Crippen molar-refractivity contribution < 1.29 is 0 Å². The summed E-state index contributed by atoms with van der Waals surface area (Å²) in [6.45, 7) is 6.45. The molecule has 0 amide bonds. The molecule has 1 aliphatic heterocycles. The molecule has 0 unspecified atom stereocenters. The molecule has 0 saturated carbocycles. The molecule has 1 aromatic heterocycles. The maximum absolute atomic E-state index is 5.80. The highest BCUT2D eigenvalue weighted by Crippen LogP contribution is 2.19. The highest BCUT2D eigenvalue weighted by molar-refractivity contribution is 6.17. The summed E-state index contributed by atoms with van der Waals surface area (Å²) in [5.41, 5.74) is 2.32. The van der Waals surface area contributed by atoms with Crippen molar-refractivity contribution in [2.75, 3.05) is 38.1 Å². The molecule has 0 aliphatic carbocycles. The van der Waals surface area contributed by atoms with Crippen molar-refractivity contribution in [3.05, 3.63) is 23.4 Å². The number of halogens is 1. The van der Waals surface area contributed by atoms with Crippen molar-refractivity contribution in [1.29, 1.82) is 0 Å². The van der Waals surface area contributed by atoms with E-state index in [1.165, 1.54) is 5.56 Å². The third-order valence-electron chi connectivity index (χ3n) is 3.06. The minimum absolute atomic E-state index is 0.539. The lowest BCUT2D eigenvalue weighted by atomic mass is 10.2. The average Bonchev–Trinajstić information content (AvgIpc) is 2.30. The van der Waals surface area contributed by atoms with Gasteiger partial charge >= 0.3 is 0 Å². The number of rotatable bonds is 2. The Morgan fingerprint density at radius 3 is 2.56 bits per heavy atom. The largest absolute Gasteiger partial charge is 0.354 e. The van der Waals surface area contributed by atoms with E-state index >= 15 is 0 Å². The summed E-state index contributed by atoms with van der Waals surface area (Å²) in [7, 11) is 2.16. The fourth-order valence-corrected chi connectivity index (χ4v) is 2.19. The van der Waals surface area contributed by atoms with E-state index in [0.29, 0.717) is 5.88 Å². The van der Waals surface area contributed by atoms with Crippen molar-refractivity contribution in [3.63, 3.8) is 0 Å². The maximum atomic E-state index is 5.80. The molecule has 4 heteroatoms. The number of alkyl halides is 1. The smallest absolute Gasteiger partial charge is 0.131 e. The fraction of sp³-hybridized carbons (Fsp3) is 0.583. The van der Waals surface area contributed by atoms with Gasteiger partial charge in [-0.25, -0.2) is 4.98 Å². The average molecular weight is 240 g/mol. The second kappa shape index (κ2) is 5.02. The number of hydrogen-bond acceptors (Lipinski definition) is 3. The molecule has 1 saturated heterocycles. The van der Waals surface area contributed by atoms with Gasteiger partial charge in [0, 0.05) is 38.3 Å². The Balaban J connectivity index is 2.14. The van der Waals surface area contributed by atoms with Crippen LogP contribution in [0.15, 0.2) is 12.3 Å². The number of nitrogens with zero attached hydrogens (tertiary/aromatic N) is 3. The molecule has 2 rings (SSSR count). The zero-order valence-electron chi connectivity index (χ0n) is 9.91. The van der Waals surface area contributed by atoms with Crippen LogP contribution in [0.25, 0.3) is 0 Å². The molecule has 16 heavy (non-hydrogen) atoms. The van der Waals surface area contributed by atoms with Gasteiger partial charge in [0.2, 0.25) is 0 Å². The molecule has 0 aromatic carbocycles. The van der Waals surface area contributed by atoms with Crippen LogP contribution in [0.3, 0.4) is 0 Å². The van der Waals surface area contributed by atoms with Gasteiger partial charge in [0.15, 0.2) is 0 Å². The second-order valence-corrected chi connectivity index (χ2v) is 4.68. The third-order valence-corrected chi connectivity index (χ3v) is 3.37. The number of likely N-dealkylation sites (N-methyl/N-ethyl adjacent to an activating group) is 1. The highest BCUT2D eigenvalue weighted by atomic mass is 35.5. The molecule has 0 spiro atoms. The minimum atomic E-state index is 0.539. The molecule has 0 N–H and O–H groups in total. The molecular formula is C12H18ClN3. The molecule has 0 bridgehead atoms. The van der Waals surface area contributed by atoms with E-state index in [-0.39, 0.29) is 0 Å². The Hall–Kier alpha value is -0.800. The molecule has 3 nitrogen and oxygen atoms in total. The Bertz CT molecular complexity index is 359. The summed E-state index contributed by atoms with van der Waals surface area (Å²) in [6.07, 6.45) is 1.88. The maximum Gasteiger partial charge on any atom is 0.131 e. The molecule has 88 valence electrons. The standard InChI is InChI=1S/C12H18ClN3/c1-10-7-11(8-13)9-14-12(10)16-5-3-15(2)4-6-16/h7,9H,3-6,8H2,1-2H3. The summed E-state index contributed by atoms with van der Waals surface area (Å²) in [4.78, 5) is 9.22. The molecule has 1 aromatic rings. The van der Waals surface area contributed by atoms with Crippen LogP contribution in [-0.2, 0) is 5.88 Å². The highest BCUT2D eigenvalue weighted by Gasteiger charge is 2.16. The lowest BCUT2D eigenvalue weighted by molar-refractivity contribution is 0.312. The summed E-state index contributed by atoms with van der Waals surface area (Å²) < 4.78 is 0. The Labute approximate surface area is 102 Å². The van der Waals surface area contributed by atoms with Gasteiger partial charge in [-0.1, -0.05) is 0 Å². The van der Waals surface area contributed by atoms with E-state index < -0.39 is 0 Å². The van der Waals surface area contributed by atoms with Crippen LogP contribution in [0, 0.1) is 6.92 Å². The van der Waals surface area contributed by atoms with Crippen LogP contribution in [0.2, 0.25) is 0 Å². The van der Waals surface area contributed by atoms with Crippen LogP contribution in [-0.4, -0.2) is 43.1 Å². The normalized spacial score (nSPS) is 17.8. The Morgan fingerprint density at radius 2 is 2.00 bits per heavy atom. The Morgan fingerprint density at radius 1 is 1.31 bits per heavy atom. The summed E-state index contributed by atoms with van der Waals surface area (Å²) >= 11 is 5.80. The van der Waals surface area contributed by atoms with Crippen LogP contribution in [0.4, 0.5) is 5.82 Å². The van der Waals surface area contributed by atoms with Crippen LogP contribution in [0.5, 0.6) is 0 Å². The SMILES string of the molecule is Cc1cc(CCl)cnc1N1CCN(C)CC1. The molecule has 0 radical (unpaired) electrons. The van der Waals surface area contributed by atoms with Gasteiger partial charge in [0.1, 0.15) is 5.82 Å². The van der Waals surface area contributed by atoms with Crippen molar-refractivity contribution in [2.24, 2.45) is 0 Å². The molecule has 2 heterocycles. The van der Waals surface area contributed by atoms with E-state index in [4.69, 9.17) is 11.6 Å². The van der Waals surface area contributed by atoms with Crippen LogP contribution < -0.4 is 4.90 Å². The number of aromatic nitrogens is 1. The van der Waals surface area contributed by atoms with Crippen molar-refractivity contribution in [3.8, 4) is 0 Å². The lowest BCUT2D eigenvalue weighted by Crippen LogP contribution is -2.45. The van der Waals surface area contributed by atoms with Crippen LogP contribution >= 0.6 is 11.6 Å². The van der Waals surface area contributed by atoms with Gasteiger partial charge in [-0.3, -0.25) is 0 Å². The van der Waals surface area contributed by atoms with Crippen molar-refractivity contribution in [2.45, 2.75) is 12.8 Å². The van der Waals surface area contributed by atoms with E-state index in [9.17, 15) is 0 Å². The summed E-state index contributed by atoms with van der Waals surface area (Å²) in [5, 5.41) is 0. The molecule has 0 atom stereocenters. The zero-order chi connectivity index (χ0) is 11.5. The fourth-order valence-electron chi connectivity index (χ4n) is 2.05. The second-order valence-electron chi connectivity index (χ2n) is 4.41. The predicted molar refractivity (Wildman–Crippen MR) is 68.2 cm³/mol. The van der Waals surface area contributed by atoms with Gasteiger partial charge in [0.25, 0.3) is 0 Å². The quantitative estimate of drug-likeness (QED) is 0.735. The summed E-state index contributed by atoms with van der Waals surface area (Å²) in [5.74, 6) is 1.65. The van der Waals surface area contributed by atoms with Gasteiger partial charge in [-0.2, -0.15) is 0 Å². The Kier molecular flexibility index (Phi) is 3.66. The lowest BCUT2D eigenvalue weighted by Gasteiger charge is -2.34. The first-order valence-corrected chi connectivity index (χ1v) is 6.19. The summed E-state index contributed by atoms with van der Waals surface area (Å²) in [6, 6.07) is 2.13. The molecular weight excluding hydrogens is 222 g/mol. The number of piperazine rings is 1. The first-order chi connectivity index (χ1) is 7.70. The van der Waals surface area contributed by atoms with Gasteiger partial charge in [-0.15, -0.1) is 11.6 Å². The number of anilines is 1.